The zero-order valence-electron chi connectivity index (χ0n) is 48.8. The van der Waals surface area contributed by atoms with Gasteiger partial charge < -0.3 is 14.2 Å². The van der Waals surface area contributed by atoms with Crippen molar-refractivity contribution in [2.75, 3.05) is 13.2 Å². The predicted octanol–water partition coefficient (Wildman–Crippen LogP) is 21.5. The SMILES string of the molecule is CC/C=C/C/C=C/C/C=C/C/C=C/C/C=C/C/C=C/CCC(=O)OC[C@@H](COC(=O)CCCCCCCCCCCCCCCCCCCC)OC(=O)CCCCCCCCCCC/C=C/CCCCCCCC. The van der Waals surface area contributed by atoms with Crippen LogP contribution in [0.2, 0.25) is 0 Å². The highest BCUT2D eigenvalue weighted by Gasteiger charge is 2.19. The molecule has 0 bridgehead atoms. The maximum Gasteiger partial charge on any atom is 0.306 e. The van der Waals surface area contributed by atoms with Gasteiger partial charge in [0.25, 0.3) is 0 Å². The van der Waals surface area contributed by atoms with Crippen molar-refractivity contribution < 1.29 is 28.6 Å². The Bertz CT molecular complexity index is 1420. The molecule has 0 spiro atoms. The van der Waals surface area contributed by atoms with E-state index in [-0.39, 0.29) is 37.5 Å². The lowest BCUT2D eigenvalue weighted by atomic mass is 10.0. The number of carbonyl (C=O) groups is 3. The van der Waals surface area contributed by atoms with Crippen LogP contribution in [0, 0.1) is 0 Å². The molecule has 0 aromatic carbocycles. The summed E-state index contributed by atoms with van der Waals surface area (Å²) in [5, 5.41) is 0. The van der Waals surface area contributed by atoms with Crippen LogP contribution in [0.1, 0.15) is 310 Å². The maximum absolute atomic E-state index is 12.9. The Morgan fingerprint density at radius 3 is 0.905 bits per heavy atom. The van der Waals surface area contributed by atoms with Crippen LogP contribution >= 0.6 is 0 Å². The quantitative estimate of drug-likeness (QED) is 0.0261. The minimum Gasteiger partial charge on any atom is -0.462 e. The summed E-state index contributed by atoms with van der Waals surface area (Å²) in [6.45, 7) is 6.50. The van der Waals surface area contributed by atoms with Gasteiger partial charge >= 0.3 is 17.9 Å². The highest BCUT2D eigenvalue weighted by molar-refractivity contribution is 5.71. The molecule has 0 fully saturated rings. The first-order chi connectivity index (χ1) is 36.5. The van der Waals surface area contributed by atoms with Crippen LogP contribution in [0.15, 0.2) is 85.1 Å². The predicted molar refractivity (Wildman–Crippen MR) is 321 cm³/mol. The molecule has 0 amide bonds. The van der Waals surface area contributed by atoms with Crippen molar-refractivity contribution in [2.45, 2.75) is 316 Å². The Morgan fingerprint density at radius 2 is 0.554 bits per heavy atom. The van der Waals surface area contributed by atoms with Gasteiger partial charge in [-0.15, -0.1) is 0 Å². The second-order valence-corrected chi connectivity index (χ2v) is 20.9. The van der Waals surface area contributed by atoms with Crippen LogP contribution in [0.5, 0.6) is 0 Å². The fourth-order valence-electron chi connectivity index (χ4n) is 8.94. The van der Waals surface area contributed by atoms with Crippen molar-refractivity contribution in [3.05, 3.63) is 85.1 Å². The van der Waals surface area contributed by atoms with Gasteiger partial charge in [0.05, 0.1) is 0 Å². The molecule has 0 saturated heterocycles. The van der Waals surface area contributed by atoms with Crippen LogP contribution in [-0.4, -0.2) is 37.2 Å². The fraction of sp³-hybridized carbons (Fsp3) is 0.750. The number of carbonyl (C=O) groups excluding carboxylic acids is 3. The van der Waals surface area contributed by atoms with E-state index in [1.165, 1.54) is 186 Å². The number of hydrogen-bond acceptors (Lipinski definition) is 6. The third kappa shape index (κ3) is 59.5. The number of ether oxygens (including phenoxy) is 3. The van der Waals surface area contributed by atoms with Gasteiger partial charge in [0.15, 0.2) is 6.10 Å². The molecule has 0 heterocycles. The summed E-state index contributed by atoms with van der Waals surface area (Å²) in [7, 11) is 0. The zero-order chi connectivity index (χ0) is 53.6. The summed E-state index contributed by atoms with van der Waals surface area (Å²) >= 11 is 0. The number of hydrogen-bond donors (Lipinski definition) is 0. The lowest BCUT2D eigenvalue weighted by Gasteiger charge is -2.18. The number of rotatable bonds is 57. The van der Waals surface area contributed by atoms with Gasteiger partial charge in [-0.3, -0.25) is 14.4 Å². The largest absolute Gasteiger partial charge is 0.462 e. The number of unbranched alkanes of at least 4 members (excludes halogenated alkanes) is 32. The Hall–Kier alpha value is -3.41. The van der Waals surface area contributed by atoms with E-state index in [1.54, 1.807) is 0 Å². The molecule has 0 saturated carbocycles. The Balaban J connectivity index is 4.46. The average Bonchev–Trinajstić information content (AvgIpc) is 3.40. The fourth-order valence-corrected chi connectivity index (χ4v) is 8.94. The van der Waals surface area contributed by atoms with E-state index in [2.05, 4.69) is 99.8 Å². The molecular weight excluding hydrogens is 913 g/mol. The van der Waals surface area contributed by atoms with Crippen molar-refractivity contribution >= 4 is 17.9 Å². The molecule has 1 atom stereocenters. The molecular formula is C68H118O6. The van der Waals surface area contributed by atoms with Gasteiger partial charge in [-0.1, -0.05) is 292 Å². The van der Waals surface area contributed by atoms with Crippen molar-refractivity contribution in [3.8, 4) is 0 Å². The molecule has 0 N–H and O–H groups in total. The topological polar surface area (TPSA) is 78.9 Å². The van der Waals surface area contributed by atoms with E-state index in [9.17, 15) is 14.4 Å². The summed E-state index contributed by atoms with van der Waals surface area (Å²) in [5.74, 6) is -0.974. The van der Waals surface area contributed by atoms with Gasteiger partial charge in [-0.2, -0.15) is 0 Å². The van der Waals surface area contributed by atoms with E-state index in [4.69, 9.17) is 14.2 Å². The second kappa shape index (κ2) is 62.1. The minimum absolute atomic E-state index is 0.0977. The standard InChI is InChI=1S/C68H118O6/c1-4-7-10-13-16-19-22-25-28-31-34-37-40-43-46-49-52-55-58-61-67(70)73-64-65(63-72-66(69)60-57-54-51-48-45-42-39-36-33-30-27-24-21-18-15-12-9-6-3)74-68(71)62-59-56-53-50-47-44-41-38-35-32-29-26-23-20-17-14-11-8-5-2/h7,10,16,19,25-26,28-29,34,37,43,46,52,55,65H,4-6,8-9,11-15,17-18,20-24,27,30-33,35-36,38-42,44-45,47-51,53-54,56-64H2,1-3H3/b10-7+,19-16+,28-25+,29-26+,37-34+,46-43+,55-52+/t65-/m1/s1. The number of esters is 3. The molecule has 0 unspecified atom stereocenters. The van der Waals surface area contributed by atoms with Crippen molar-refractivity contribution in [2.24, 2.45) is 0 Å². The van der Waals surface area contributed by atoms with Crippen LogP contribution in [0.3, 0.4) is 0 Å². The number of allylic oxidation sites excluding steroid dienone is 14. The minimum atomic E-state index is -0.808. The highest BCUT2D eigenvalue weighted by Crippen LogP contribution is 2.17. The Morgan fingerprint density at radius 1 is 0.284 bits per heavy atom. The second-order valence-electron chi connectivity index (χ2n) is 20.9. The van der Waals surface area contributed by atoms with E-state index in [1.807, 2.05) is 6.08 Å². The van der Waals surface area contributed by atoms with Crippen LogP contribution < -0.4 is 0 Å². The average molecular weight is 1030 g/mol. The summed E-state index contributed by atoms with van der Waals surface area (Å²) in [6, 6.07) is 0. The molecule has 0 aromatic rings. The van der Waals surface area contributed by atoms with Gasteiger partial charge in [0.1, 0.15) is 13.2 Å². The molecule has 0 aliphatic carbocycles. The van der Waals surface area contributed by atoms with Gasteiger partial charge in [-0.05, 0) is 83.5 Å². The van der Waals surface area contributed by atoms with Crippen LogP contribution in [0.25, 0.3) is 0 Å². The highest BCUT2D eigenvalue weighted by atomic mass is 16.6. The lowest BCUT2D eigenvalue weighted by molar-refractivity contribution is -0.166. The Labute approximate surface area is 458 Å². The summed E-state index contributed by atoms with van der Waals surface area (Å²) in [4.78, 5) is 38.3. The first kappa shape index (κ1) is 70.6. The summed E-state index contributed by atoms with van der Waals surface area (Å²) in [5.41, 5.74) is 0. The summed E-state index contributed by atoms with van der Waals surface area (Å²) in [6.07, 6.45) is 81.7. The molecule has 426 valence electrons. The van der Waals surface area contributed by atoms with Crippen molar-refractivity contribution in [1.29, 1.82) is 0 Å². The van der Waals surface area contributed by atoms with Crippen LogP contribution in [-0.2, 0) is 28.6 Å². The van der Waals surface area contributed by atoms with E-state index >= 15 is 0 Å². The smallest absolute Gasteiger partial charge is 0.306 e. The molecule has 6 heteroatoms. The zero-order valence-corrected chi connectivity index (χ0v) is 48.8. The first-order valence-corrected chi connectivity index (χ1v) is 31.6. The third-order valence-corrected chi connectivity index (χ3v) is 13.6. The van der Waals surface area contributed by atoms with Crippen molar-refractivity contribution in [3.63, 3.8) is 0 Å². The van der Waals surface area contributed by atoms with Crippen LogP contribution in [0.4, 0.5) is 0 Å². The summed E-state index contributed by atoms with van der Waals surface area (Å²) < 4.78 is 16.9. The van der Waals surface area contributed by atoms with E-state index < -0.39 is 6.10 Å². The maximum atomic E-state index is 12.9. The molecule has 0 aliphatic rings. The van der Waals surface area contributed by atoms with E-state index in [0.717, 1.165) is 77.0 Å². The molecule has 0 aromatic heterocycles. The van der Waals surface area contributed by atoms with Gasteiger partial charge in [0.2, 0.25) is 0 Å². The van der Waals surface area contributed by atoms with E-state index in [0.29, 0.717) is 19.3 Å². The van der Waals surface area contributed by atoms with Crippen molar-refractivity contribution in [1.82, 2.24) is 0 Å². The molecule has 0 rings (SSSR count). The van der Waals surface area contributed by atoms with Gasteiger partial charge in [0, 0.05) is 19.3 Å². The van der Waals surface area contributed by atoms with Gasteiger partial charge in [-0.25, -0.2) is 0 Å². The molecule has 0 radical (unpaired) electrons. The Kier molecular flexibility index (Phi) is 59.3. The molecule has 0 aliphatic heterocycles. The molecule has 74 heavy (non-hydrogen) atoms. The molecule has 6 nitrogen and oxygen atoms in total. The first-order valence-electron chi connectivity index (χ1n) is 31.6. The lowest BCUT2D eigenvalue weighted by Crippen LogP contribution is -2.30. The third-order valence-electron chi connectivity index (χ3n) is 13.6. The normalized spacial score (nSPS) is 12.6. The monoisotopic (exact) mass is 1030 g/mol.